The summed E-state index contributed by atoms with van der Waals surface area (Å²) in [6.45, 7) is -0.0372. The van der Waals surface area contributed by atoms with Gasteiger partial charge in [-0.2, -0.15) is 5.26 Å². The Morgan fingerprint density at radius 3 is 2.71 bits per heavy atom. The molecule has 0 bridgehead atoms. The molecule has 6 heteroatoms. The lowest BCUT2D eigenvalue weighted by Gasteiger charge is -2.03. The Balaban J connectivity index is 2.61. The van der Waals surface area contributed by atoms with Crippen LogP contribution in [0.5, 0.6) is 0 Å². The number of nitrogens with zero attached hydrogens (tertiary/aromatic N) is 4. The van der Waals surface area contributed by atoms with Gasteiger partial charge in [0.05, 0.1) is 6.07 Å². The van der Waals surface area contributed by atoms with E-state index in [4.69, 9.17) is 10.4 Å². The fourth-order valence-electron chi connectivity index (χ4n) is 1.52. The Morgan fingerprint density at radius 1 is 1.41 bits per heavy atom. The van der Waals surface area contributed by atoms with E-state index in [1.807, 2.05) is 12.1 Å². The molecule has 1 aromatic carbocycles. The molecule has 0 amide bonds. The summed E-state index contributed by atoms with van der Waals surface area (Å²) in [6.07, 6.45) is 0. The standard InChI is InChI=1S/C11H8N4O2/c12-6-7-15-10(8-4-2-1-3-5-8)9(11(16)17)13-14-15/h1-5H,7H2,(H,16,17). The molecule has 1 aromatic heterocycles. The van der Waals surface area contributed by atoms with Gasteiger partial charge in [-0.05, 0) is 0 Å². The van der Waals surface area contributed by atoms with E-state index in [9.17, 15) is 4.79 Å². The second-order valence-electron chi connectivity index (χ2n) is 3.27. The zero-order chi connectivity index (χ0) is 12.3. The van der Waals surface area contributed by atoms with E-state index in [1.54, 1.807) is 24.3 Å². The van der Waals surface area contributed by atoms with Crippen molar-refractivity contribution in [2.75, 3.05) is 0 Å². The number of aromatic carboxylic acids is 1. The smallest absolute Gasteiger partial charge is 0.358 e. The van der Waals surface area contributed by atoms with Crippen molar-refractivity contribution in [2.24, 2.45) is 0 Å². The van der Waals surface area contributed by atoms with Crippen molar-refractivity contribution in [3.05, 3.63) is 36.0 Å². The van der Waals surface area contributed by atoms with Gasteiger partial charge in [0.15, 0.2) is 5.69 Å². The van der Waals surface area contributed by atoms with Gasteiger partial charge in [-0.1, -0.05) is 35.5 Å². The van der Waals surface area contributed by atoms with Gasteiger partial charge in [-0.3, -0.25) is 0 Å². The summed E-state index contributed by atoms with van der Waals surface area (Å²) in [7, 11) is 0. The van der Waals surface area contributed by atoms with Gasteiger partial charge in [-0.15, -0.1) is 5.10 Å². The minimum Gasteiger partial charge on any atom is -0.476 e. The molecule has 0 saturated heterocycles. The van der Waals surface area contributed by atoms with E-state index in [2.05, 4.69) is 10.3 Å². The SMILES string of the molecule is N#CCn1nnc(C(=O)O)c1-c1ccccc1. The third-order valence-corrected chi connectivity index (χ3v) is 2.21. The van der Waals surface area contributed by atoms with Crippen LogP contribution in [0.4, 0.5) is 0 Å². The molecule has 17 heavy (non-hydrogen) atoms. The first-order valence-electron chi connectivity index (χ1n) is 4.83. The Kier molecular flexibility index (Phi) is 2.83. The number of hydrogen-bond donors (Lipinski definition) is 1. The Labute approximate surface area is 96.7 Å². The molecular formula is C11H8N4O2. The summed E-state index contributed by atoms with van der Waals surface area (Å²) in [4.78, 5) is 11.0. The highest BCUT2D eigenvalue weighted by Crippen LogP contribution is 2.21. The lowest BCUT2D eigenvalue weighted by molar-refractivity contribution is 0.0691. The van der Waals surface area contributed by atoms with E-state index in [1.165, 1.54) is 4.68 Å². The number of nitriles is 1. The van der Waals surface area contributed by atoms with Gasteiger partial charge in [0.1, 0.15) is 12.2 Å². The number of carboxylic acid groups (broad SMARTS) is 1. The molecule has 2 aromatic rings. The Hall–Kier alpha value is -2.68. The minimum absolute atomic E-state index is 0.0372. The van der Waals surface area contributed by atoms with Crippen LogP contribution in [0, 0.1) is 11.3 Å². The van der Waals surface area contributed by atoms with E-state index in [0.29, 0.717) is 11.3 Å². The molecule has 0 radical (unpaired) electrons. The van der Waals surface area contributed by atoms with Crippen LogP contribution in [0.1, 0.15) is 10.5 Å². The van der Waals surface area contributed by atoms with Crippen LogP contribution in [0.25, 0.3) is 11.3 Å². The van der Waals surface area contributed by atoms with E-state index < -0.39 is 5.97 Å². The van der Waals surface area contributed by atoms with Crippen molar-refractivity contribution in [1.82, 2.24) is 15.0 Å². The Morgan fingerprint density at radius 2 is 2.12 bits per heavy atom. The molecule has 0 unspecified atom stereocenters. The van der Waals surface area contributed by atoms with Crippen LogP contribution in [0.15, 0.2) is 30.3 Å². The summed E-state index contributed by atoms with van der Waals surface area (Å²) in [5.41, 5.74) is 0.872. The number of aromatic nitrogens is 3. The molecule has 2 rings (SSSR count). The number of hydrogen-bond acceptors (Lipinski definition) is 4. The highest BCUT2D eigenvalue weighted by Gasteiger charge is 2.19. The molecule has 0 aliphatic heterocycles. The molecular weight excluding hydrogens is 220 g/mol. The maximum Gasteiger partial charge on any atom is 0.358 e. The van der Waals surface area contributed by atoms with Crippen molar-refractivity contribution in [1.29, 1.82) is 5.26 Å². The topological polar surface area (TPSA) is 91.8 Å². The first-order valence-corrected chi connectivity index (χ1v) is 4.83. The quantitative estimate of drug-likeness (QED) is 0.851. The molecule has 0 spiro atoms. The van der Waals surface area contributed by atoms with Crippen LogP contribution in [-0.2, 0) is 6.54 Å². The lowest BCUT2D eigenvalue weighted by atomic mass is 10.1. The number of carbonyl (C=O) groups is 1. The van der Waals surface area contributed by atoms with Crippen molar-refractivity contribution >= 4 is 5.97 Å². The van der Waals surface area contributed by atoms with Crippen molar-refractivity contribution in [3.63, 3.8) is 0 Å². The molecule has 1 N–H and O–H groups in total. The number of rotatable bonds is 3. The molecule has 0 saturated carbocycles. The summed E-state index contributed by atoms with van der Waals surface area (Å²) >= 11 is 0. The van der Waals surface area contributed by atoms with Gasteiger partial charge in [-0.25, -0.2) is 9.48 Å². The third-order valence-electron chi connectivity index (χ3n) is 2.21. The normalized spacial score (nSPS) is 9.82. The van der Waals surface area contributed by atoms with Gasteiger partial charge >= 0.3 is 5.97 Å². The zero-order valence-electron chi connectivity index (χ0n) is 8.74. The highest BCUT2D eigenvalue weighted by molar-refractivity contribution is 5.92. The molecule has 0 aliphatic rings. The molecule has 84 valence electrons. The average Bonchev–Trinajstić information content (AvgIpc) is 2.74. The van der Waals surface area contributed by atoms with Crippen molar-refractivity contribution in [3.8, 4) is 17.3 Å². The first kappa shape index (κ1) is 10.8. The van der Waals surface area contributed by atoms with Crippen molar-refractivity contribution in [2.45, 2.75) is 6.54 Å². The maximum absolute atomic E-state index is 11.0. The van der Waals surface area contributed by atoms with E-state index in [0.717, 1.165) is 0 Å². The summed E-state index contributed by atoms with van der Waals surface area (Å²) in [6, 6.07) is 10.8. The minimum atomic E-state index is -1.16. The van der Waals surface area contributed by atoms with Gasteiger partial charge < -0.3 is 5.11 Å². The molecule has 0 aliphatic carbocycles. The fraction of sp³-hybridized carbons (Fsp3) is 0.0909. The maximum atomic E-state index is 11.0. The van der Waals surface area contributed by atoms with Crippen LogP contribution < -0.4 is 0 Å². The Bertz CT molecular complexity index is 583. The first-order chi connectivity index (χ1) is 8.24. The average molecular weight is 228 g/mol. The van der Waals surface area contributed by atoms with Gasteiger partial charge in [0, 0.05) is 5.56 Å². The fourth-order valence-corrected chi connectivity index (χ4v) is 1.52. The zero-order valence-corrected chi connectivity index (χ0v) is 8.74. The lowest BCUT2D eigenvalue weighted by Crippen LogP contribution is -2.03. The van der Waals surface area contributed by atoms with Gasteiger partial charge in [0.25, 0.3) is 0 Å². The monoisotopic (exact) mass is 228 g/mol. The third kappa shape index (κ3) is 1.99. The molecule has 1 heterocycles. The van der Waals surface area contributed by atoms with Crippen LogP contribution in [0.3, 0.4) is 0 Å². The second-order valence-corrected chi connectivity index (χ2v) is 3.27. The number of benzene rings is 1. The summed E-state index contributed by atoms with van der Waals surface area (Å²) in [5, 5.41) is 24.9. The number of carboxylic acids is 1. The van der Waals surface area contributed by atoms with Crippen LogP contribution in [0.2, 0.25) is 0 Å². The molecule has 0 atom stereocenters. The van der Waals surface area contributed by atoms with E-state index in [-0.39, 0.29) is 12.2 Å². The van der Waals surface area contributed by atoms with Crippen LogP contribution >= 0.6 is 0 Å². The highest BCUT2D eigenvalue weighted by atomic mass is 16.4. The summed E-state index contributed by atoms with van der Waals surface area (Å²) in [5.74, 6) is -1.16. The van der Waals surface area contributed by atoms with Crippen LogP contribution in [-0.4, -0.2) is 26.1 Å². The molecule has 0 fully saturated rings. The van der Waals surface area contributed by atoms with E-state index >= 15 is 0 Å². The van der Waals surface area contributed by atoms with Gasteiger partial charge in [0.2, 0.25) is 0 Å². The largest absolute Gasteiger partial charge is 0.476 e. The van der Waals surface area contributed by atoms with Crippen molar-refractivity contribution < 1.29 is 9.90 Å². The predicted molar refractivity (Wildman–Crippen MR) is 58.0 cm³/mol. The summed E-state index contributed by atoms with van der Waals surface area (Å²) < 4.78 is 1.28. The predicted octanol–water partition coefficient (Wildman–Crippen LogP) is 1.17. The molecule has 6 nitrogen and oxygen atoms in total. The second kappa shape index (κ2) is 4.45.